The monoisotopic (exact) mass is 288 g/mol. The number of carbonyl (C=O) groups is 1. The maximum atomic E-state index is 13.0. The van der Waals surface area contributed by atoms with Gasteiger partial charge in [-0.3, -0.25) is 4.79 Å². The lowest BCUT2D eigenvalue weighted by molar-refractivity contribution is -0.142. The summed E-state index contributed by atoms with van der Waals surface area (Å²) in [5, 5.41) is 0. The van der Waals surface area contributed by atoms with Gasteiger partial charge < -0.3 is 9.47 Å². The Morgan fingerprint density at radius 1 is 1.14 bits per heavy atom. The number of hydrogen-bond acceptors (Lipinski definition) is 3. The molecule has 1 unspecified atom stereocenters. The Hall–Kier alpha value is -1.19. The van der Waals surface area contributed by atoms with Crippen LogP contribution in [0.5, 0.6) is 0 Å². The highest BCUT2D eigenvalue weighted by Crippen LogP contribution is 2.38. The molecule has 1 aromatic carbocycles. The molecule has 1 spiro atoms. The van der Waals surface area contributed by atoms with Crippen LogP contribution in [-0.4, -0.2) is 31.2 Å². The average Bonchev–Trinajstić information content (AvgIpc) is 2.48. The number of Topliss-reactive ketones (excluding diaryl/α,β-unsaturated/α-hetero) is 1. The summed E-state index contributed by atoms with van der Waals surface area (Å²) in [6.45, 7) is 6.27. The first-order chi connectivity index (χ1) is 10.1. The van der Waals surface area contributed by atoms with Crippen LogP contribution in [-0.2, 0) is 9.47 Å². The molecule has 3 nitrogen and oxygen atoms in total. The average molecular weight is 288 g/mol. The van der Waals surface area contributed by atoms with E-state index in [0.717, 1.165) is 55.6 Å². The van der Waals surface area contributed by atoms with Crippen molar-refractivity contribution in [3.05, 3.63) is 34.9 Å². The van der Waals surface area contributed by atoms with Crippen molar-refractivity contribution in [2.75, 3.05) is 19.8 Å². The Morgan fingerprint density at radius 2 is 1.81 bits per heavy atom. The highest BCUT2D eigenvalue weighted by Gasteiger charge is 2.41. The molecule has 0 amide bonds. The molecule has 114 valence electrons. The van der Waals surface area contributed by atoms with Crippen molar-refractivity contribution in [2.45, 2.75) is 45.1 Å². The summed E-state index contributed by atoms with van der Waals surface area (Å²) in [5.41, 5.74) is 2.99. The number of rotatable bonds is 2. The molecule has 2 heterocycles. The highest BCUT2D eigenvalue weighted by atomic mass is 16.5. The third kappa shape index (κ3) is 2.90. The third-order valence-corrected chi connectivity index (χ3v) is 5.00. The molecule has 21 heavy (non-hydrogen) atoms. The number of ether oxygens (including phenoxy) is 2. The first-order valence-electron chi connectivity index (χ1n) is 7.93. The summed E-state index contributed by atoms with van der Waals surface area (Å²) >= 11 is 0. The van der Waals surface area contributed by atoms with Gasteiger partial charge in [0.05, 0.1) is 5.60 Å². The fraction of sp³-hybridized carbons (Fsp3) is 0.611. The Kier molecular flexibility index (Phi) is 4.14. The molecule has 3 rings (SSSR count). The van der Waals surface area contributed by atoms with E-state index in [4.69, 9.17) is 9.47 Å². The topological polar surface area (TPSA) is 35.5 Å². The van der Waals surface area contributed by atoms with Gasteiger partial charge in [0.15, 0.2) is 5.78 Å². The van der Waals surface area contributed by atoms with E-state index < -0.39 is 0 Å². The standard InChI is InChI=1S/C18H24O3/c1-13-4-3-5-14(2)16(13)17(19)15-6-9-21-18(12-15)7-10-20-11-8-18/h3-5,15H,6-12H2,1-2H3. The molecule has 3 heteroatoms. The molecule has 0 aliphatic carbocycles. The van der Waals surface area contributed by atoms with Crippen molar-refractivity contribution in [1.82, 2.24) is 0 Å². The van der Waals surface area contributed by atoms with Crippen molar-refractivity contribution in [1.29, 1.82) is 0 Å². The van der Waals surface area contributed by atoms with Gasteiger partial charge in [-0.05, 0) is 50.7 Å². The summed E-state index contributed by atoms with van der Waals surface area (Å²) in [7, 11) is 0. The fourth-order valence-electron chi connectivity index (χ4n) is 3.75. The van der Waals surface area contributed by atoms with Crippen molar-refractivity contribution in [3.8, 4) is 0 Å². The van der Waals surface area contributed by atoms with Crippen LogP contribution < -0.4 is 0 Å². The van der Waals surface area contributed by atoms with Gasteiger partial charge >= 0.3 is 0 Å². The minimum absolute atomic E-state index is 0.0941. The van der Waals surface area contributed by atoms with E-state index in [2.05, 4.69) is 0 Å². The van der Waals surface area contributed by atoms with Gasteiger partial charge in [-0.25, -0.2) is 0 Å². The molecule has 0 saturated carbocycles. The Bertz CT molecular complexity index is 504. The molecule has 1 atom stereocenters. The highest BCUT2D eigenvalue weighted by molar-refractivity contribution is 6.00. The molecule has 0 radical (unpaired) electrons. The van der Waals surface area contributed by atoms with Crippen molar-refractivity contribution in [3.63, 3.8) is 0 Å². The zero-order valence-electron chi connectivity index (χ0n) is 13.0. The molecular weight excluding hydrogens is 264 g/mol. The third-order valence-electron chi connectivity index (χ3n) is 5.00. The molecule has 1 aromatic rings. The lowest BCUT2D eigenvalue weighted by atomic mass is 9.77. The second-order valence-electron chi connectivity index (χ2n) is 6.46. The normalized spacial score (nSPS) is 25.0. The number of carbonyl (C=O) groups excluding carboxylic acids is 1. The van der Waals surface area contributed by atoms with Crippen molar-refractivity contribution >= 4 is 5.78 Å². The van der Waals surface area contributed by atoms with Gasteiger partial charge in [0.1, 0.15) is 0 Å². The van der Waals surface area contributed by atoms with E-state index >= 15 is 0 Å². The van der Waals surface area contributed by atoms with Gasteiger partial charge in [0, 0.05) is 31.3 Å². The zero-order chi connectivity index (χ0) is 14.9. The van der Waals surface area contributed by atoms with E-state index in [-0.39, 0.29) is 11.5 Å². The van der Waals surface area contributed by atoms with Crippen LogP contribution in [0.3, 0.4) is 0 Å². The molecule has 2 fully saturated rings. The summed E-state index contributed by atoms with van der Waals surface area (Å²) < 4.78 is 11.5. The van der Waals surface area contributed by atoms with Crippen LogP contribution >= 0.6 is 0 Å². The summed E-state index contributed by atoms with van der Waals surface area (Å²) in [4.78, 5) is 13.0. The predicted octanol–water partition coefficient (Wildman–Crippen LogP) is 3.46. The van der Waals surface area contributed by atoms with Crippen LogP contribution in [0.25, 0.3) is 0 Å². The van der Waals surface area contributed by atoms with E-state index in [1.165, 1.54) is 0 Å². The van der Waals surface area contributed by atoms with Gasteiger partial charge in [-0.2, -0.15) is 0 Å². The lowest BCUT2D eigenvalue weighted by Gasteiger charge is -2.43. The second-order valence-corrected chi connectivity index (χ2v) is 6.46. The molecule has 2 saturated heterocycles. The van der Waals surface area contributed by atoms with Gasteiger partial charge in [-0.1, -0.05) is 18.2 Å². The Balaban J connectivity index is 1.81. The first kappa shape index (κ1) is 14.7. The van der Waals surface area contributed by atoms with Crippen LogP contribution in [0.4, 0.5) is 0 Å². The summed E-state index contributed by atoms with van der Waals surface area (Å²) in [6, 6.07) is 6.08. The minimum atomic E-state index is -0.118. The van der Waals surface area contributed by atoms with Gasteiger partial charge in [0.2, 0.25) is 0 Å². The molecule has 2 aliphatic heterocycles. The Morgan fingerprint density at radius 3 is 2.48 bits per heavy atom. The summed E-state index contributed by atoms with van der Waals surface area (Å²) in [5.74, 6) is 0.399. The van der Waals surface area contributed by atoms with E-state index in [0.29, 0.717) is 12.4 Å². The maximum absolute atomic E-state index is 13.0. The van der Waals surface area contributed by atoms with Crippen LogP contribution in [0.2, 0.25) is 0 Å². The zero-order valence-corrected chi connectivity index (χ0v) is 13.0. The van der Waals surface area contributed by atoms with Crippen molar-refractivity contribution in [2.24, 2.45) is 5.92 Å². The second kappa shape index (κ2) is 5.90. The molecule has 2 aliphatic rings. The number of ketones is 1. The maximum Gasteiger partial charge on any atom is 0.166 e. The first-order valence-corrected chi connectivity index (χ1v) is 7.93. The molecule has 0 aromatic heterocycles. The smallest absolute Gasteiger partial charge is 0.166 e. The largest absolute Gasteiger partial charge is 0.381 e. The number of hydrogen-bond donors (Lipinski definition) is 0. The number of benzene rings is 1. The van der Waals surface area contributed by atoms with Crippen LogP contribution in [0, 0.1) is 19.8 Å². The quantitative estimate of drug-likeness (QED) is 0.782. The Labute approximate surface area is 126 Å². The molecule has 0 bridgehead atoms. The number of aryl methyl sites for hydroxylation is 2. The van der Waals surface area contributed by atoms with Gasteiger partial charge in [-0.15, -0.1) is 0 Å². The molecule has 0 N–H and O–H groups in total. The van der Waals surface area contributed by atoms with Crippen molar-refractivity contribution < 1.29 is 14.3 Å². The molecular formula is C18H24O3. The van der Waals surface area contributed by atoms with E-state index in [1.807, 2.05) is 32.0 Å². The van der Waals surface area contributed by atoms with Gasteiger partial charge in [0.25, 0.3) is 0 Å². The van der Waals surface area contributed by atoms with E-state index in [1.54, 1.807) is 0 Å². The van der Waals surface area contributed by atoms with Crippen LogP contribution in [0.1, 0.15) is 47.2 Å². The summed E-state index contributed by atoms with van der Waals surface area (Å²) in [6.07, 6.45) is 3.53. The van der Waals surface area contributed by atoms with E-state index in [9.17, 15) is 4.79 Å². The fourth-order valence-corrected chi connectivity index (χ4v) is 3.75. The lowest BCUT2D eigenvalue weighted by Crippen LogP contribution is -2.46. The predicted molar refractivity (Wildman–Crippen MR) is 81.7 cm³/mol. The minimum Gasteiger partial charge on any atom is -0.381 e. The SMILES string of the molecule is Cc1cccc(C)c1C(=O)C1CCOC2(CCOCC2)C1. The van der Waals surface area contributed by atoms with Crippen LogP contribution in [0.15, 0.2) is 18.2 Å².